The van der Waals surface area contributed by atoms with Gasteiger partial charge in [0.25, 0.3) is 5.56 Å². The summed E-state index contributed by atoms with van der Waals surface area (Å²) in [5.74, 6) is 0. The van der Waals surface area contributed by atoms with E-state index in [1.54, 1.807) is 17.1 Å². The fourth-order valence-corrected chi connectivity index (χ4v) is 5.33. The summed E-state index contributed by atoms with van der Waals surface area (Å²) in [6, 6.07) is 2.42. The van der Waals surface area contributed by atoms with Gasteiger partial charge in [-0.2, -0.15) is 0 Å². The average molecular weight is 372 g/mol. The van der Waals surface area contributed by atoms with Gasteiger partial charge in [-0.3, -0.25) is 20.0 Å². The fourth-order valence-electron chi connectivity index (χ4n) is 4.27. The van der Waals surface area contributed by atoms with Gasteiger partial charge in [-0.1, -0.05) is 0 Å². The predicted molar refractivity (Wildman–Crippen MR) is 101 cm³/mol. The van der Waals surface area contributed by atoms with E-state index in [2.05, 4.69) is 25.9 Å². The molecule has 9 heteroatoms. The summed E-state index contributed by atoms with van der Waals surface area (Å²) in [4.78, 5) is 23.0. The number of pyridine rings is 1. The molecule has 0 radical (unpaired) electrons. The first-order valence-electron chi connectivity index (χ1n) is 8.82. The van der Waals surface area contributed by atoms with Gasteiger partial charge in [-0.05, 0) is 25.3 Å². The van der Waals surface area contributed by atoms with Crippen molar-refractivity contribution in [3.05, 3.63) is 28.9 Å². The van der Waals surface area contributed by atoms with E-state index >= 15 is 0 Å². The second-order valence-electron chi connectivity index (χ2n) is 6.94. The van der Waals surface area contributed by atoms with Crippen LogP contribution in [0.2, 0.25) is 0 Å². The van der Waals surface area contributed by atoms with E-state index in [-0.39, 0.29) is 23.7 Å². The molecule has 4 N–H and O–H groups in total. The Morgan fingerprint density at radius 3 is 3.00 bits per heavy atom. The molecule has 4 heterocycles. The summed E-state index contributed by atoms with van der Waals surface area (Å²) >= 11 is 1.40. The number of rotatable bonds is 2. The summed E-state index contributed by atoms with van der Waals surface area (Å²) < 4.78 is 2.41. The van der Waals surface area contributed by atoms with E-state index in [0.717, 1.165) is 35.2 Å². The molecule has 4 unspecified atom stereocenters. The number of nitrogens with zero attached hydrogens (tertiary/aromatic N) is 3. The summed E-state index contributed by atoms with van der Waals surface area (Å²) in [5, 5.41) is 20.1. The Labute approximate surface area is 153 Å². The molecule has 3 aromatic rings. The van der Waals surface area contributed by atoms with Crippen molar-refractivity contribution in [2.24, 2.45) is 0 Å². The topological polar surface area (TPSA) is 104 Å². The minimum absolute atomic E-state index is 0.00462. The number of aromatic nitrogens is 3. The molecule has 2 aliphatic rings. The predicted octanol–water partition coefficient (Wildman–Crippen LogP) is 0.979. The maximum Gasteiger partial charge on any atom is 0.271 e. The van der Waals surface area contributed by atoms with E-state index in [4.69, 9.17) is 0 Å². The Kier molecular flexibility index (Phi) is 3.71. The van der Waals surface area contributed by atoms with Crippen molar-refractivity contribution < 1.29 is 5.11 Å². The molecule has 4 atom stereocenters. The molecule has 1 saturated carbocycles. The third-order valence-electron chi connectivity index (χ3n) is 5.54. The molecule has 1 aliphatic heterocycles. The molecular formula is C17H20N6O2S. The number of hydrogen-bond acceptors (Lipinski definition) is 8. The lowest BCUT2D eigenvalue weighted by Gasteiger charge is -2.31. The first-order chi connectivity index (χ1) is 12.7. The zero-order chi connectivity index (χ0) is 17.8. The van der Waals surface area contributed by atoms with Crippen LogP contribution in [0.4, 0.5) is 5.69 Å². The Morgan fingerprint density at radius 1 is 1.31 bits per heavy atom. The standard InChI is InChI=1S/C17H20N6O2S/c1-18-10-4-5-19-15-12(10)13-14(26-15)16(24)23(7-20-13)8-2-3-9-11(6-8)22-17(25)21-9/h4-5,7-9,11,17,21-22,25H,2-3,6H2,1H3,(H,18,19). The number of aliphatic hydroxyl groups excluding tert-OH is 1. The van der Waals surface area contributed by atoms with E-state index < -0.39 is 6.35 Å². The van der Waals surface area contributed by atoms with E-state index in [9.17, 15) is 9.90 Å². The van der Waals surface area contributed by atoms with Crippen molar-refractivity contribution in [1.29, 1.82) is 0 Å². The van der Waals surface area contributed by atoms with Gasteiger partial charge in [-0.15, -0.1) is 11.3 Å². The van der Waals surface area contributed by atoms with Crippen LogP contribution in [0.25, 0.3) is 20.4 Å². The van der Waals surface area contributed by atoms with Crippen LogP contribution in [-0.2, 0) is 0 Å². The van der Waals surface area contributed by atoms with Gasteiger partial charge in [0.15, 0.2) is 6.35 Å². The SMILES string of the molecule is CNc1ccnc2sc3c(=O)n(C4CCC5NC(O)NC5C4)cnc3c12. The number of aliphatic hydroxyl groups is 1. The number of anilines is 1. The van der Waals surface area contributed by atoms with Crippen LogP contribution in [0.3, 0.4) is 0 Å². The molecule has 1 aliphatic carbocycles. The van der Waals surface area contributed by atoms with Crippen molar-refractivity contribution in [2.75, 3.05) is 12.4 Å². The van der Waals surface area contributed by atoms with Crippen molar-refractivity contribution >= 4 is 37.5 Å². The molecule has 0 bridgehead atoms. The summed E-state index contributed by atoms with van der Waals surface area (Å²) in [5.41, 5.74) is 1.64. The first kappa shape index (κ1) is 16.1. The Hall–Kier alpha value is -2.07. The normalized spacial score (nSPS) is 28.5. The largest absolute Gasteiger partial charge is 0.387 e. The average Bonchev–Trinajstić information content (AvgIpc) is 3.21. The molecule has 8 nitrogen and oxygen atoms in total. The second-order valence-corrected chi connectivity index (χ2v) is 7.94. The highest BCUT2D eigenvalue weighted by Gasteiger charge is 2.38. The smallest absolute Gasteiger partial charge is 0.271 e. The Bertz CT molecular complexity index is 1050. The zero-order valence-electron chi connectivity index (χ0n) is 14.3. The molecule has 26 heavy (non-hydrogen) atoms. The summed E-state index contributed by atoms with van der Waals surface area (Å²) in [6.07, 6.45) is 5.37. The van der Waals surface area contributed by atoms with Crippen LogP contribution < -0.4 is 21.5 Å². The fraction of sp³-hybridized carbons (Fsp3) is 0.471. The molecule has 2 fully saturated rings. The van der Waals surface area contributed by atoms with Gasteiger partial charge >= 0.3 is 0 Å². The van der Waals surface area contributed by atoms with Gasteiger partial charge in [-0.25, -0.2) is 9.97 Å². The molecule has 1 saturated heterocycles. The molecule has 0 spiro atoms. The Morgan fingerprint density at radius 2 is 2.15 bits per heavy atom. The number of nitrogens with one attached hydrogen (secondary N) is 3. The maximum absolute atomic E-state index is 13.2. The van der Waals surface area contributed by atoms with Gasteiger partial charge in [0, 0.05) is 37.1 Å². The second kappa shape index (κ2) is 5.98. The number of hydrogen-bond donors (Lipinski definition) is 4. The highest BCUT2D eigenvalue weighted by molar-refractivity contribution is 7.25. The van der Waals surface area contributed by atoms with E-state index in [1.165, 1.54) is 11.3 Å². The lowest BCUT2D eigenvalue weighted by molar-refractivity contribution is 0.130. The minimum atomic E-state index is -0.658. The van der Waals surface area contributed by atoms with Gasteiger partial charge in [0.2, 0.25) is 0 Å². The molecule has 3 aromatic heterocycles. The van der Waals surface area contributed by atoms with Crippen molar-refractivity contribution in [3.63, 3.8) is 0 Å². The summed E-state index contributed by atoms with van der Waals surface area (Å²) in [6.45, 7) is 0. The highest BCUT2D eigenvalue weighted by atomic mass is 32.1. The summed E-state index contributed by atoms with van der Waals surface area (Å²) in [7, 11) is 1.86. The molecule has 5 rings (SSSR count). The van der Waals surface area contributed by atoms with E-state index in [1.807, 2.05) is 13.1 Å². The van der Waals surface area contributed by atoms with Crippen LogP contribution in [0.1, 0.15) is 25.3 Å². The lowest BCUT2D eigenvalue weighted by Crippen LogP contribution is -2.42. The third-order valence-corrected chi connectivity index (χ3v) is 6.61. The van der Waals surface area contributed by atoms with Crippen LogP contribution in [0, 0.1) is 0 Å². The third kappa shape index (κ3) is 2.35. The highest BCUT2D eigenvalue weighted by Crippen LogP contribution is 2.35. The monoisotopic (exact) mass is 372 g/mol. The van der Waals surface area contributed by atoms with Gasteiger partial charge in [0.1, 0.15) is 9.53 Å². The minimum Gasteiger partial charge on any atom is -0.387 e. The zero-order valence-corrected chi connectivity index (χ0v) is 15.1. The van der Waals surface area contributed by atoms with Crippen LogP contribution in [-0.4, -0.2) is 45.1 Å². The van der Waals surface area contributed by atoms with Gasteiger partial charge in [0.05, 0.1) is 17.2 Å². The van der Waals surface area contributed by atoms with Gasteiger partial charge < -0.3 is 10.4 Å². The molecular weight excluding hydrogens is 352 g/mol. The first-order valence-corrected chi connectivity index (χ1v) is 9.63. The quantitative estimate of drug-likeness (QED) is 0.532. The molecule has 136 valence electrons. The number of fused-ring (bicyclic) bond motifs is 4. The molecule has 0 amide bonds. The maximum atomic E-state index is 13.2. The Balaban J connectivity index is 1.59. The van der Waals surface area contributed by atoms with Crippen LogP contribution in [0.15, 0.2) is 23.4 Å². The van der Waals surface area contributed by atoms with Crippen LogP contribution in [0.5, 0.6) is 0 Å². The lowest BCUT2D eigenvalue weighted by atomic mass is 9.87. The number of thiophene rings is 1. The molecule has 0 aromatic carbocycles. The van der Waals surface area contributed by atoms with Crippen molar-refractivity contribution in [3.8, 4) is 0 Å². The van der Waals surface area contributed by atoms with Crippen molar-refractivity contribution in [2.45, 2.75) is 43.7 Å². The van der Waals surface area contributed by atoms with E-state index in [0.29, 0.717) is 10.2 Å². The van der Waals surface area contributed by atoms with Crippen LogP contribution >= 0.6 is 11.3 Å². The van der Waals surface area contributed by atoms with Crippen molar-refractivity contribution in [1.82, 2.24) is 25.2 Å².